The van der Waals surface area contributed by atoms with Gasteiger partial charge in [-0.05, 0) is 77.0 Å². The van der Waals surface area contributed by atoms with Crippen molar-refractivity contribution in [2.75, 3.05) is 43.4 Å². The minimum Gasteiger partial charge on any atom is -0.372 e. The highest BCUT2D eigenvalue weighted by molar-refractivity contribution is 5.91. The van der Waals surface area contributed by atoms with Crippen molar-refractivity contribution in [2.24, 2.45) is 5.92 Å². The number of benzene rings is 1. The number of carbonyl (C=O) groups is 1. The molecule has 4 heteroatoms. The lowest BCUT2D eigenvalue weighted by molar-refractivity contribution is -0.117. The second kappa shape index (κ2) is 8.18. The van der Waals surface area contributed by atoms with Crippen LogP contribution in [0.3, 0.4) is 0 Å². The number of nitrogens with zero attached hydrogens (tertiary/aromatic N) is 2. The first-order valence-electron chi connectivity index (χ1n) is 8.45. The van der Waals surface area contributed by atoms with E-state index in [9.17, 15) is 4.79 Å². The molecule has 1 heterocycles. The van der Waals surface area contributed by atoms with Gasteiger partial charge in [-0.3, -0.25) is 4.79 Å². The summed E-state index contributed by atoms with van der Waals surface area (Å²) in [4.78, 5) is 16.8. The minimum atomic E-state index is 0.144. The maximum Gasteiger partial charge on any atom is 0.224 e. The number of likely N-dealkylation sites (tertiary alicyclic amines) is 1. The Morgan fingerprint density at radius 1 is 1.18 bits per heavy atom. The van der Waals surface area contributed by atoms with Gasteiger partial charge >= 0.3 is 0 Å². The third kappa shape index (κ3) is 4.73. The Labute approximate surface area is 134 Å². The summed E-state index contributed by atoms with van der Waals surface area (Å²) < 4.78 is 0. The first-order chi connectivity index (χ1) is 10.6. The van der Waals surface area contributed by atoms with Crippen LogP contribution in [0.2, 0.25) is 0 Å². The first-order valence-corrected chi connectivity index (χ1v) is 8.45. The van der Waals surface area contributed by atoms with Crippen LogP contribution < -0.4 is 10.2 Å². The fraction of sp³-hybridized carbons (Fsp3) is 0.611. The zero-order valence-corrected chi connectivity index (χ0v) is 14.1. The molecule has 1 aliphatic heterocycles. The fourth-order valence-corrected chi connectivity index (χ4v) is 3.08. The van der Waals surface area contributed by atoms with Crippen molar-refractivity contribution in [1.82, 2.24) is 4.90 Å². The summed E-state index contributed by atoms with van der Waals surface area (Å²) in [6, 6.07) is 8.16. The fourth-order valence-electron chi connectivity index (χ4n) is 3.08. The normalized spacial score (nSPS) is 16.5. The minimum absolute atomic E-state index is 0.144. The van der Waals surface area contributed by atoms with E-state index in [1.54, 1.807) is 0 Å². The van der Waals surface area contributed by atoms with Crippen LogP contribution >= 0.6 is 0 Å². The third-order valence-corrected chi connectivity index (χ3v) is 4.59. The standard InChI is InChI=1S/C18H29N3O/c1-4-21(5-2)17-8-6-16(7-9-17)19-18(22)14-15-10-12-20(3)13-11-15/h6-9,15H,4-5,10-14H2,1-3H3,(H,19,22). The van der Waals surface area contributed by atoms with Gasteiger partial charge in [-0.1, -0.05) is 0 Å². The molecule has 1 fully saturated rings. The smallest absolute Gasteiger partial charge is 0.224 e. The molecule has 0 bridgehead atoms. The zero-order valence-electron chi connectivity index (χ0n) is 14.1. The summed E-state index contributed by atoms with van der Waals surface area (Å²) in [6.07, 6.45) is 2.90. The van der Waals surface area contributed by atoms with Crippen molar-refractivity contribution >= 4 is 17.3 Å². The molecule has 0 atom stereocenters. The summed E-state index contributed by atoms with van der Waals surface area (Å²) in [6.45, 7) is 8.52. The van der Waals surface area contributed by atoms with Crippen LogP contribution in [0.5, 0.6) is 0 Å². The highest BCUT2D eigenvalue weighted by Crippen LogP contribution is 2.21. The van der Waals surface area contributed by atoms with Crippen LogP contribution in [0.15, 0.2) is 24.3 Å². The Balaban J connectivity index is 1.84. The average Bonchev–Trinajstić information content (AvgIpc) is 2.52. The molecule has 0 saturated carbocycles. The lowest BCUT2D eigenvalue weighted by Crippen LogP contribution is -2.31. The summed E-state index contributed by atoms with van der Waals surface area (Å²) in [5, 5.41) is 3.03. The van der Waals surface area contributed by atoms with Crippen molar-refractivity contribution in [3.63, 3.8) is 0 Å². The lowest BCUT2D eigenvalue weighted by atomic mass is 9.93. The Hall–Kier alpha value is -1.55. The van der Waals surface area contributed by atoms with E-state index in [1.165, 1.54) is 5.69 Å². The van der Waals surface area contributed by atoms with E-state index in [0.29, 0.717) is 12.3 Å². The highest BCUT2D eigenvalue weighted by atomic mass is 16.1. The molecule has 22 heavy (non-hydrogen) atoms. The van der Waals surface area contributed by atoms with Crippen molar-refractivity contribution in [3.05, 3.63) is 24.3 Å². The van der Waals surface area contributed by atoms with E-state index in [1.807, 2.05) is 12.1 Å². The molecule has 1 aliphatic rings. The number of nitrogens with one attached hydrogen (secondary N) is 1. The topological polar surface area (TPSA) is 35.6 Å². The van der Waals surface area contributed by atoms with Gasteiger partial charge < -0.3 is 15.1 Å². The molecule has 0 unspecified atom stereocenters. The van der Waals surface area contributed by atoms with E-state index in [0.717, 1.165) is 44.7 Å². The van der Waals surface area contributed by atoms with Crippen LogP contribution in [0.4, 0.5) is 11.4 Å². The Kier molecular flexibility index (Phi) is 6.25. The van der Waals surface area contributed by atoms with Gasteiger partial charge in [0.15, 0.2) is 0 Å². The summed E-state index contributed by atoms with van der Waals surface area (Å²) >= 11 is 0. The number of anilines is 2. The van der Waals surface area contributed by atoms with E-state index < -0.39 is 0 Å². The monoisotopic (exact) mass is 303 g/mol. The van der Waals surface area contributed by atoms with Gasteiger partial charge in [-0.15, -0.1) is 0 Å². The molecule has 1 aromatic rings. The molecular weight excluding hydrogens is 274 g/mol. The molecule has 0 spiro atoms. The van der Waals surface area contributed by atoms with Crippen LogP contribution in [-0.2, 0) is 4.79 Å². The molecule has 1 aromatic carbocycles. The number of hydrogen-bond acceptors (Lipinski definition) is 3. The predicted octanol–water partition coefficient (Wildman–Crippen LogP) is 3.20. The Bertz CT molecular complexity index is 460. The number of piperidine rings is 1. The van der Waals surface area contributed by atoms with Crippen molar-refractivity contribution in [1.29, 1.82) is 0 Å². The molecule has 0 radical (unpaired) electrons. The Morgan fingerprint density at radius 2 is 1.77 bits per heavy atom. The molecule has 2 rings (SSSR count). The van der Waals surface area contributed by atoms with Crippen molar-refractivity contribution in [3.8, 4) is 0 Å². The molecule has 1 N–H and O–H groups in total. The number of amides is 1. The molecule has 1 saturated heterocycles. The van der Waals surface area contributed by atoms with E-state index in [4.69, 9.17) is 0 Å². The molecule has 4 nitrogen and oxygen atoms in total. The molecule has 0 aliphatic carbocycles. The number of rotatable bonds is 6. The summed E-state index contributed by atoms with van der Waals surface area (Å²) in [5.41, 5.74) is 2.10. The van der Waals surface area contributed by atoms with Crippen molar-refractivity contribution < 1.29 is 4.79 Å². The first kappa shape index (κ1) is 16.8. The predicted molar refractivity (Wildman–Crippen MR) is 93.5 cm³/mol. The second-order valence-electron chi connectivity index (χ2n) is 6.22. The largest absolute Gasteiger partial charge is 0.372 e. The van der Waals surface area contributed by atoms with Gasteiger partial charge in [0.2, 0.25) is 5.91 Å². The van der Waals surface area contributed by atoms with E-state index >= 15 is 0 Å². The second-order valence-corrected chi connectivity index (χ2v) is 6.22. The highest BCUT2D eigenvalue weighted by Gasteiger charge is 2.19. The maximum absolute atomic E-state index is 12.2. The van der Waals surface area contributed by atoms with E-state index in [-0.39, 0.29) is 5.91 Å². The van der Waals surface area contributed by atoms with E-state index in [2.05, 4.69) is 48.1 Å². The number of carbonyl (C=O) groups excluding carboxylic acids is 1. The molecule has 1 amide bonds. The quantitative estimate of drug-likeness (QED) is 0.876. The zero-order chi connectivity index (χ0) is 15.9. The van der Waals surface area contributed by atoms with Gasteiger partial charge in [0.1, 0.15) is 0 Å². The van der Waals surface area contributed by atoms with Crippen LogP contribution in [0.1, 0.15) is 33.1 Å². The average molecular weight is 303 g/mol. The van der Waals surface area contributed by atoms with Crippen LogP contribution in [0, 0.1) is 5.92 Å². The summed E-state index contributed by atoms with van der Waals surface area (Å²) in [7, 11) is 2.15. The van der Waals surface area contributed by atoms with Gasteiger partial charge in [0.25, 0.3) is 0 Å². The Morgan fingerprint density at radius 3 is 2.32 bits per heavy atom. The van der Waals surface area contributed by atoms with Gasteiger partial charge in [-0.25, -0.2) is 0 Å². The third-order valence-electron chi connectivity index (χ3n) is 4.59. The van der Waals surface area contributed by atoms with Gasteiger partial charge in [-0.2, -0.15) is 0 Å². The number of hydrogen-bond donors (Lipinski definition) is 1. The van der Waals surface area contributed by atoms with Gasteiger partial charge in [0.05, 0.1) is 0 Å². The molecule has 0 aromatic heterocycles. The lowest BCUT2D eigenvalue weighted by Gasteiger charge is -2.28. The molecule has 122 valence electrons. The van der Waals surface area contributed by atoms with Crippen LogP contribution in [0.25, 0.3) is 0 Å². The summed E-state index contributed by atoms with van der Waals surface area (Å²) in [5.74, 6) is 0.677. The maximum atomic E-state index is 12.2. The SMILES string of the molecule is CCN(CC)c1ccc(NC(=O)CC2CCN(C)CC2)cc1. The molecular formula is C18H29N3O. The van der Waals surface area contributed by atoms with Gasteiger partial charge in [0, 0.05) is 30.9 Å². The van der Waals surface area contributed by atoms with Crippen LogP contribution in [-0.4, -0.2) is 44.0 Å². The van der Waals surface area contributed by atoms with Crippen molar-refractivity contribution in [2.45, 2.75) is 33.1 Å².